The lowest BCUT2D eigenvalue weighted by Crippen LogP contribution is -2.04. The van der Waals surface area contributed by atoms with E-state index in [0.717, 1.165) is 18.6 Å². The fourth-order valence-corrected chi connectivity index (χ4v) is 1.62. The molecular formula is C12H18O2. The minimum Gasteiger partial charge on any atom is -0.469 e. The molecule has 1 aromatic heterocycles. The maximum absolute atomic E-state index is 11.7. The first-order valence-corrected chi connectivity index (χ1v) is 5.21. The van der Waals surface area contributed by atoms with Crippen LogP contribution < -0.4 is 0 Å². The fraction of sp³-hybridized carbons (Fsp3) is 0.583. The van der Waals surface area contributed by atoms with Gasteiger partial charge in [0.25, 0.3) is 0 Å². The summed E-state index contributed by atoms with van der Waals surface area (Å²) in [6, 6.07) is 1.81. The van der Waals surface area contributed by atoms with Gasteiger partial charge in [0.15, 0.2) is 5.78 Å². The number of Topliss-reactive ketones (excluding diaryl/α,β-unsaturated/α-hetero) is 1. The zero-order valence-electron chi connectivity index (χ0n) is 9.17. The minimum atomic E-state index is 0.197. The molecule has 0 saturated carbocycles. The number of aryl methyl sites for hydroxylation is 1. The molecule has 14 heavy (non-hydrogen) atoms. The number of rotatable bonds is 5. The summed E-state index contributed by atoms with van der Waals surface area (Å²) in [5.74, 6) is 1.47. The number of carbonyl (C=O) groups is 1. The van der Waals surface area contributed by atoms with Crippen molar-refractivity contribution in [3.05, 3.63) is 23.7 Å². The molecule has 0 fully saturated rings. The van der Waals surface area contributed by atoms with Gasteiger partial charge in [0.1, 0.15) is 12.0 Å². The molecular weight excluding hydrogens is 176 g/mol. The average Bonchev–Trinajstić information content (AvgIpc) is 2.52. The molecule has 0 saturated heterocycles. The van der Waals surface area contributed by atoms with Crippen LogP contribution in [-0.2, 0) is 0 Å². The Labute approximate surface area is 85.3 Å². The van der Waals surface area contributed by atoms with Crippen molar-refractivity contribution in [2.24, 2.45) is 5.92 Å². The third-order valence-electron chi connectivity index (χ3n) is 2.37. The molecule has 0 bridgehead atoms. The van der Waals surface area contributed by atoms with Crippen molar-refractivity contribution >= 4 is 5.78 Å². The first-order valence-electron chi connectivity index (χ1n) is 5.21. The summed E-state index contributed by atoms with van der Waals surface area (Å²) in [5, 5.41) is 0. The summed E-state index contributed by atoms with van der Waals surface area (Å²) in [6.07, 6.45) is 4.44. The van der Waals surface area contributed by atoms with E-state index in [1.54, 1.807) is 12.3 Å². The van der Waals surface area contributed by atoms with Crippen molar-refractivity contribution in [1.82, 2.24) is 0 Å². The van der Waals surface area contributed by atoms with Gasteiger partial charge >= 0.3 is 0 Å². The third kappa shape index (κ3) is 3.02. The van der Waals surface area contributed by atoms with Crippen LogP contribution in [0.2, 0.25) is 0 Å². The highest BCUT2D eigenvalue weighted by Gasteiger charge is 2.12. The number of hydrogen-bond donors (Lipinski definition) is 0. The summed E-state index contributed by atoms with van der Waals surface area (Å²) >= 11 is 0. The number of ketones is 1. The van der Waals surface area contributed by atoms with Gasteiger partial charge in [-0.3, -0.25) is 4.79 Å². The summed E-state index contributed by atoms with van der Waals surface area (Å²) < 4.78 is 5.11. The Morgan fingerprint density at radius 3 is 2.79 bits per heavy atom. The summed E-state index contributed by atoms with van der Waals surface area (Å²) in [7, 11) is 0. The first-order chi connectivity index (χ1) is 6.63. The Balaban J connectivity index is 2.50. The first kappa shape index (κ1) is 11.0. The van der Waals surface area contributed by atoms with Crippen LogP contribution in [0.25, 0.3) is 0 Å². The Morgan fingerprint density at radius 2 is 2.29 bits per heavy atom. The van der Waals surface area contributed by atoms with Crippen molar-refractivity contribution in [1.29, 1.82) is 0 Å². The second kappa shape index (κ2) is 4.99. The summed E-state index contributed by atoms with van der Waals surface area (Å²) in [4.78, 5) is 11.7. The van der Waals surface area contributed by atoms with Crippen molar-refractivity contribution in [3.63, 3.8) is 0 Å². The van der Waals surface area contributed by atoms with E-state index in [1.807, 2.05) is 6.92 Å². The second-order valence-corrected chi connectivity index (χ2v) is 3.97. The molecule has 0 amide bonds. The van der Waals surface area contributed by atoms with E-state index >= 15 is 0 Å². The SMILES string of the molecule is CCCC(C)CC(=O)c1coc(C)c1. The zero-order valence-corrected chi connectivity index (χ0v) is 9.17. The maximum atomic E-state index is 11.7. The molecule has 1 unspecified atom stereocenters. The smallest absolute Gasteiger partial charge is 0.166 e. The Bertz CT molecular complexity index is 299. The fourth-order valence-electron chi connectivity index (χ4n) is 1.62. The number of furan rings is 1. The van der Waals surface area contributed by atoms with Gasteiger partial charge in [-0.1, -0.05) is 26.7 Å². The van der Waals surface area contributed by atoms with Crippen LogP contribution in [-0.4, -0.2) is 5.78 Å². The number of hydrogen-bond acceptors (Lipinski definition) is 2. The lowest BCUT2D eigenvalue weighted by Gasteiger charge is -2.06. The van der Waals surface area contributed by atoms with Gasteiger partial charge in [-0.15, -0.1) is 0 Å². The van der Waals surface area contributed by atoms with E-state index in [2.05, 4.69) is 13.8 Å². The van der Waals surface area contributed by atoms with Crippen LogP contribution in [0, 0.1) is 12.8 Å². The van der Waals surface area contributed by atoms with Gasteiger partial charge < -0.3 is 4.42 Å². The Hall–Kier alpha value is -1.05. The summed E-state index contributed by atoms with van der Waals surface area (Å²) in [5.41, 5.74) is 0.713. The van der Waals surface area contributed by atoms with Crippen molar-refractivity contribution in [2.75, 3.05) is 0 Å². The lowest BCUT2D eigenvalue weighted by atomic mass is 9.97. The molecule has 1 aromatic rings. The van der Waals surface area contributed by atoms with Crippen LogP contribution in [0.4, 0.5) is 0 Å². The summed E-state index contributed by atoms with van der Waals surface area (Å²) in [6.45, 7) is 6.11. The highest BCUT2D eigenvalue weighted by molar-refractivity contribution is 5.95. The molecule has 2 heteroatoms. The van der Waals surface area contributed by atoms with Crippen LogP contribution in [0.3, 0.4) is 0 Å². The molecule has 0 radical (unpaired) electrons. The third-order valence-corrected chi connectivity index (χ3v) is 2.37. The molecule has 1 atom stereocenters. The van der Waals surface area contributed by atoms with E-state index < -0.39 is 0 Å². The van der Waals surface area contributed by atoms with E-state index in [4.69, 9.17) is 4.42 Å². The molecule has 0 aliphatic rings. The van der Waals surface area contributed by atoms with Crippen LogP contribution in [0.15, 0.2) is 16.7 Å². The van der Waals surface area contributed by atoms with Gasteiger partial charge in [0, 0.05) is 6.42 Å². The molecule has 0 aliphatic carbocycles. The van der Waals surface area contributed by atoms with Crippen molar-refractivity contribution in [2.45, 2.75) is 40.0 Å². The molecule has 0 N–H and O–H groups in total. The number of carbonyl (C=O) groups excluding carboxylic acids is 1. The quantitative estimate of drug-likeness (QED) is 0.670. The second-order valence-electron chi connectivity index (χ2n) is 3.97. The van der Waals surface area contributed by atoms with Crippen LogP contribution >= 0.6 is 0 Å². The average molecular weight is 194 g/mol. The van der Waals surface area contributed by atoms with Crippen LogP contribution in [0.5, 0.6) is 0 Å². The van der Waals surface area contributed by atoms with Crippen LogP contribution in [0.1, 0.15) is 49.2 Å². The lowest BCUT2D eigenvalue weighted by molar-refractivity contribution is 0.0962. The molecule has 1 heterocycles. The standard InChI is InChI=1S/C12H18O2/c1-4-5-9(2)6-12(13)11-7-10(3)14-8-11/h7-9H,4-6H2,1-3H3. The molecule has 0 spiro atoms. The van der Waals surface area contributed by atoms with Gasteiger partial charge in [0.2, 0.25) is 0 Å². The van der Waals surface area contributed by atoms with Gasteiger partial charge in [-0.05, 0) is 18.9 Å². The van der Waals surface area contributed by atoms with E-state index in [1.165, 1.54) is 0 Å². The van der Waals surface area contributed by atoms with E-state index in [9.17, 15) is 4.79 Å². The van der Waals surface area contributed by atoms with Gasteiger partial charge in [0.05, 0.1) is 5.56 Å². The normalized spacial score (nSPS) is 12.8. The Kier molecular flexibility index (Phi) is 3.93. The van der Waals surface area contributed by atoms with Gasteiger partial charge in [-0.2, -0.15) is 0 Å². The topological polar surface area (TPSA) is 30.2 Å². The maximum Gasteiger partial charge on any atom is 0.166 e. The zero-order chi connectivity index (χ0) is 10.6. The van der Waals surface area contributed by atoms with E-state index in [-0.39, 0.29) is 5.78 Å². The van der Waals surface area contributed by atoms with Gasteiger partial charge in [-0.25, -0.2) is 0 Å². The molecule has 0 aliphatic heterocycles. The minimum absolute atomic E-state index is 0.197. The predicted octanol–water partition coefficient (Wildman–Crippen LogP) is 3.60. The Morgan fingerprint density at radius 1 is 1.57 bits per heavy atom. The highest BCUT2D eigenvalue weighted by atomic mass is 16.3. The molecule has 2 nitrogen and oxygen atoms in total. The molecule has 78 valence electrons. The van der Waals surface area contributed by atoms with Crippen molar-refractivity contribution < 1.29 is 9.21 Å². The van der Waals surface area contributed by atoms with Crippen molar-refractivity contribution in [3.8, 4) is 0 Å². The predicted molar refractivity (Wildman–Crippen MR) is 56.5 cm³/mol. The highest BCUT2D eigenvalue weighted by Crippen LogP contribution is 2.15. The molecule has 0 aromatic carbocycles. The monoisotopic (exact) mass is 194 g/mol. The molecule has 1 rings (SSSR count). The van der Waals surface area contributed by atoms with E-state index in [0.29, 0.717) is 17.9 Å². The largest absolute Gasteiger partial charge is 0.469 e.